The van der Waals surface area contributed by atoms with Crippen molar-refractivity contribution in [1.29, 1.82) is 0 Å². The molecule has 6 rings (SSSR count). The number of hydrogen-bond donors (Lipinski definition) is 0. The van der Waals surface area contributed by atoms with E-state index in [0.29, 0.717) is 28.5 Å². The van der Waals surface area contributed by atoms with Crippen LogP contribution in [0.15, 0.2) is 97.9 Å². The van der Waals surface area contributed by atoms with Crippen LogP contribution in [0.2, 0.25) is 0 Å². The number of rotatable bonds is 5. The minimum atomic E-state index is 0. The first-order chi connectivity index (χ1) is 18.7. The van der Waals surface area contributed by atoms with Crippen molar-refractivity contribution < 1.29 is 46.9 Å². The molecule has 4 heterocycles. The van der Waals surface area contributed by atoms with Crippen LogP contribution in [0, 0.1) is 49.5 Å². The van der Waals surface area contributed by atoms with Gasteiger partial charge in [0.15, 0.2) is 0 Å². The standard InChI is InChI=1S/C26H16N4O.C6H4N.2Pt/c1-29-14-15-30(19-29)22-7-5-9-24(18-22)31-23-8-4-6-20(16-23)26-17-21(11-13-28-26)25-10-2-3-12-27-25;1-2-7-5-3-4-6-7;;/h2-5,7-9,11-15,19H,1H3;3-6H;;/q-6;-1;;+4. The third-order valence-electron chi connectivity index (χ3n) is 5.26. The largest absolute Gasteiger partial charge is 4.00 e. The molecular formula is C32H20N5OPt2-3. The van der Waals surface area contributed by atoms with Gasteiger partial charge in [0.1, 0.15) is 0 Å². The van der Waals surface area contributed by atoms with Crippen LogP contribution < -0.4 is 9.64 Å². The quantitative estimate of drug-likeness (QED) is 0.165. The summed E-state index contributed by atoms with van der Waals surface area (Å²) in [6.45, 7) is 1.96. The number of nitrogens with zero attached hydrogens (tertiary/aromatic N) is 5. The molecule has 1 aliphatic rings. The van der Waals surface area contributed by atoms with Crippen LogP contribution >= 0.6 is 0 Å². The van der Waals surface area contributed by atoms with Crippen molar-refractivity contribution in [2.24, 2.45) is 0 Å². The number of anilines is 1. The number of benzene rings is 2. The molecule has 1 aliphatic heterocycles. The van der Waals surface area contributed by atoms with Gasteiger partial charge in [-0.15, -0.1) is 35.6 Å². The molecule has 5 aromatic rings. The van der Waals surface area contributed by atoms with Crippen molar-refractivity contribution in [3.63, 3.8) is 0 Å². The van der Waals surface area contributed by atoms with E-state index in [1.54, 1.807) is 41.5 Å². The van der Waals surface area contributed by atoms with Crippen LogP contribution in [-0.4, -0.2) is 26.5 Å². The number of pyridine rings is 2. The van der Waals surface area contributed by atoms with Crippen molar-refractivity contribution in [2.45, 2.75) is 0 Å². The zero-order valence-electron chi connectivity index (χ0n) is 21.1. The molecule has 0 unspecified atom stereocenters. The molecule has 0 fully saturated rings. The number of aromatic nitrogens is 3. The van der Waals surface area contributed by atoms with Crippen molar-refractivity contribution in [2.75, 3.05) is 11.9 Å². The van der Waals surface area contributed by atoms with Crippen LogP contribution in [0.5, 0.6) is 11.5 Å². The van der Waals surface area contributed by atoms with Gasteiger partial charge in [-0.25, -0.2) is 23.7 Å². The average Bonchev–Trinajstić information content (AvgIpc) is 3.66. The summed E-state index contributed by atoms with van der Waals surface area (Å²) in [6, 6.07) is 36.7. The van der Waals surface area contributed by atoms with Gasteiger partial charge in [-0.05, 0) is 44.0 Å². The summed E-state index contributed by atoms with van der Waals surface area (Å²) >= 11 is 0. The first kappa shape index (κ1) is 30.6. The molecule has 0 radical (unpaired) electrons. The van der Waals surface area contributed by atoms with E-state index in [-0.39, 0.29) is 42.1 Å². The maximum Gasteiger partial charge on any atom is 4.00 e. The number of hydrogen-bond acceptors (Lipinski definition) is 5. The maximum absolute atomic E-state index is 6.57. The molecule has 0 aliphatic carbocycles. The summed E-state index contributed by atoms with van der Waals surface area (Å²) < 4.78 is 7.55. The van der Waals surface area contributed by atoms with Crippen molar-refractivity contribution in [3.8, 4) is 40.1 Å². The van der Waals surface area contributed by atoms with Crippen molar-refractivity contribution in [1.82, 2.24) is 19.4 Å². The van der Waals surface area contributed by atoms with Gasteiger partial charge in [0.25, 0.3) is 0 Å². The molecule has 0 saturated heterocycles. The number of ether oxygens (including phenoxy) is 1. The van der Waals surface area contributed by atoms with Gasteiger partial charge in [0.05, 0.1) is 0 Å². The molecular weight excluding hydrogens is 861 g/mol. The van der Waals surface area contributed by atoms with Crippen LogP contribution in [0.25, 0.3) is 22.5 Å². The second-order valence-corrected chi connectivity index (χ2v) is 8.00. The Hall–Kier alpha value is -3.90. The fourth-order valence-corrected chi connectivity index (χ4v) is 3.48. The summed E-state index contributed by atoms with van der Waals surface area (Å²) in [4.78, 5) is 12.7. The molecule has 8 heteroatoms. The Kier molecular flexibility index (Phi) is 11.5. The first-order valence-electron chi connectivity index (χ1n) is 11.6. The van der Waals surface area contributed by atoms with Gasteiger partial charge in [0, 0.05) is 39.2 Å². The Morgan fingerprint density at radius 1 is 0.850 bits per heavy atom. The predicted molar refractivity (Wildman–Crippen MR) is 144 cm³/mol. The summed E-state index contributed by atoms with van der Waals surface area (Å²) in [6.07, 6.45) is 17.5. The molecule has 0 saturated carbocycles. The van der Waals surface area contributed by atoms with Gasteiger partial charge in [-0.3, -0.25) is 12.1 Å². The van der Waals surface area contributed by atoms with Gasteiger partial charge in [-0.1, -0.05) is 5.75 Å². The van der Waals surface area contributed by atoms with E-state index in [9.17, 15) is 0 Å². The topological polar surface area (TPSA) is 46.4 Å². The minimum absolute atomic E-state index is 0. The van der Waals surface area contributed by atoms with E-state index in [2.05, 4.69) is 46.3 Å². The Balaban J connectivity index is 0.000000431. The van der Waals surface area contributed by atoms with Crippen LogP contribution in [0.4, 0.5) is 5.69 Å². The van der Waals surface area contributed by atoms with E-state index in [1.807, 2.05) is 84.4 Å². The molecule has 0 amide bonds. The second-order valence-electron chi connectivity index (χ2n) is 8.00. The van der Waals surface area contributed by atoms with Gasteiger partial charge < -0.3 is 47.1 Å². The monoisotopic (exact) mass is 880 g/mol. The van der Waals surface area contributed by atoms with E-state index < -0.39 is 0 Å². The zero-order chi connectivity index (χ0) is 26.2. The summed E-state index contributed by atoms with van der Waals surface area (Å²) in [5.74, 6) is 1.14. The molecule has 202 valence electrons. The van der Waals surface area contributed by atoms with Crippen molar-refractivity contribution in [3.05, 3.63) is 141 Å². The molecule has 0 N–H and O–H groups in total. The second kappa shape index (κ2) is 15.0. The van der Waals surface area contributed by atoms with Crippen LogP contribution in [0.1, 0.15) is 0 Å². The molecule has 0 atom stereocenters. The van der Waals surface area contributed by atoms with Crippen LogP contribution in [-0.2, 0) is 42.1 Å². The van der Waals surface area contributed by atoms with E-state index in [0.717, 1.165) is 11.3 Å². The molecule has 3 aromatic heterocycles. The first-order valence-corrected chi connectivity index (χ1v) is 11.6. The Morgan fingerprint density at radius 2 is 1.65 bits per heavy atom. The molecule has 0 spiro atoms. The van der Waals surface area contributed by atoms with E-state index in [1.165, 1.54) is 0 Å². The summed E-state index contributed by atoms with van der Waals surface area (Å²) in [5, 5.41) is 0. The third-order valence-corrected chi connectivity index (χ3v) is 5.26. The van der Waals surface area contributed by atoms with E-state index in [4.69, 9.17) is 11.2 Å². The fraction of sp³-hybridized carbons (Fsp3) is 0.0312. The third kappa shape index (κ3) is 8.05. The Bertz CT molecular complexity index is 1570. The van der Waals surface area contributed by atoms with E-state index >= 15 is 0 Å². The average molecular weight is 881 g/mol. The van der Waals surface area contributed by atoms with Gasteiger partial charge >= 0.3 is 21.1 Å². The Labute approximate surface area is 263 Å². The molecule has 0 bridgehead atoms. The normalized spacial score (nSPS) is 11.4. The van der Waals surface area contributed by atoms with Gasteiger partial charge in [-0.2, -0.15) is 36.6 Å². The van der Waals surface area contributed by atoms with Crippen LogP contribution in [0.3, 0.4) is 0 Å². The summed E-state index contributed by atoms with van der Waals surface area (Å²) in [5.41, 5.74) is 3.67. The summed E-state index contributed by atoms with van der Waals surface area (Å²) in [7, 11) is 1.97. The SMILES string of the molecule is CN1C=CN(c2[c-]c(Oc3[c-]c(-c4[c-]c(-c5[c-]cccn5)ccn4)[c-]cc3)ccc2)[CH-]1.[C-]#Cn1cccc1.[Pt+4].[Pt]. The predicted octanol–water partition coefficient (Wildman–Crippen LogP) is 5.82. The molecule has 6 nitrogen and oxygen atoms in total. The van der Waals surface area contributed by atoms with Gasteiger partial charge in [0.2, 0.25) is 0 Å². The zero-order valence-corrected chi connectivity index (χ0v) is 25.6. The fourth-order valence-electron chi connectivity index (χ4n) is 3.48. The molecule has 40 heavy (non-hydrogen) atoms. The maximum atomic E-state index is 6.57. The minimum Gasteiger partial charge on any atom is -0.669 e. The van der Waals surface area contributed by atoms with Crippen molar-refractivity contribution >= 4 is 5.69 Å². The smallest absolute Gasteiger partial charge is 0.669 e. The Morgan fingerprint density at radius 3 is 2.35 bits per heavy atom. The molecule has 2 aromatic carbocycles.